The van der Waals surface area contributed by atoms with E-state index in [-0.39, 0.29) is 12.1 Å². The smallest absolute Gasteiger partial charge is 0.331 e. The first-order valence-electron chi connectivity index (χ1n) is 6.89. The molecule has 102 valence electrons. The number of esters is 1. The van der Waals surface area contributed by atoms with Gasteiger partial charge >= 0.3 is 5.97 Å². The molecule has 0 heterocycles. The fraction of sp³-hybridized carbons (Fsp3) is 0.438. The molecule has 0 spiro atoms. The molecule has 1 saturated carbocycles. The lowest BCUT2D eigenvalue weighted by atomic mass is 9.88. The molecule has 0 radical (unpaired) electrons. The molecule has 3 heteroatoms. The fourth-order valence-electron chi connectivity index (χ4n) is 2.47. The zero-order chi connectivity index (χ0) is 13.7. The molecule has 2 unspecified atom stereocenters. The van der Waals surface area contributed by atoms with Crippen LogP contribution in [-0.4, -0.2) is 12.1 Å². The van der Waals surface area contributed by atoms with Crippen molar-refractivity contribution < 1.29 is 9.53 Å². The first kappa shape index (κ1) is 13.7. The molecule has 0 amide bonds. The average molecular weight is 259 g/mol. The monoisotopic (exact) mass is 259 g/mol. The first-order valence-corrected chi connectivity index (χ1v) is 6.89. The van der Waals surface area contributed by atoms with E-state index in [1.807, 2.05) is 24.3 Å². The van der Waals surface area contributed by atoms with Crippen LogP contribution in [0.15, 0.2) is 30.3 Å². The number of nitrogen functional groups attached to an aromatic ring is 1. The molecule has 19 heavy (non-hydrogen) atoms. The molecule has 0 aromatic heterocycles. The summed E-state index contributed by atoms with van der Waals surface area (Å²) in [5.41, 5.74) is 7.28. The van der Waals surface area contributed by atoms with Crippen LogP contribution < -0.4 is 5.73 Å². The van der Waals surface area contributed by atoms with E-state index >= 15 is 0 Å². The minimum atomic E-state index is -0.263. The first-order chi connectivity index (χ1) is 9.15. The van der Waals surface area contributed by atoms with Gasteiger partial charge in [0.25, 0.3) is 0 Å². The van der Waals surface area contributed by atoms with Gasteiger partial charge in [0.15, 0.2) is 0 Å². The third-order valence-corrected chi connectivity index (χ3v) is 3.62. The van der Waals surface area contributed by atoms with E-state index in [9.17, 15) is 4.79 Å². The van der Waals surface area contributed by atoms with Crippen molar-refractivity contribution in [2.45, 2.75) is 38.7 Å². The second-order valence-electron chi connectivity index (χ2n) is 5.24. The highest BCUT2D eigenvalue weighted by Gasteiger charge is 2.23. The summed E-state index contributed by atoms with van der Waals surface area (Å²) in [4.78, 5) is 11.8. The molecule has 2 atom stereocenters. The van der Waals surface area contributed by atoms with Crippen LogP contribution in [0, 0.1) is 5.92 Å². The maximum absolute atomic E-state index is 11.8. The highest BCUT2D eigenvalue weighted by molar-refractivity contribution is 5.87. The van der Waals surface area contributed by atoms with Gasteiger partial charge in [-0.1, -0.05) is 25.5 Å². The normalized spacial score (nSPS) is 23.4. The summed E-state index contributed by atoms with van der Waals surface area (Å²) in [6, 6.07) is 7.42. The third kappa shape index (κ3) is 4.12. The predicted octanol–water partition coefficient (Wildman–Crippen LogP) is 3.40. The molecule has 0 aliphatic heterocycles. The molecule has 3 nitrogen and oxygen atoms in total. The number of nitrogens with two attached hydrogens (primary N) is 1. The van der Waals surface area contributed by atoms with Gasteiger partial charge in [0.2, 0.25) is 0 Å². The van der Waals surface area contributed by atoms with Gasteiger partial charge in [-0.25, -0.2) is 4.79 Å². The predicted molar refractivity (Wildman–Crippen MR) is 77.4 cm³/mol. The van der Waals surface area contributed by atoms with E-state index < -0.39 is 0 Å². The minimum absolute atomic E-state index is 0.0757. The summed E-state index contributed by atoms with van der Waals surface area (Å²) >= 11 is 0. The highest BCUT2D eigenvalue weighted by Crippen LogP contribution is 2.26. The van der Waals surface area contributed by atoms with E-state index in [2.05, 4.69) is 6.92 Å². The van der Waals surface area contributed by atoms with Crippen molar-refractivity contribution in [1.29, 1.82) is 0 Å². The Morgan fingerprint density at radius 2 is 2.16 bits per heavy atom. The second-order valence-corrected chi connectivity index (χ2v) is 5.24. The van der Waals surface area contributed by atoms with Crippen molar-refractivity contribution in [3.05, 3.63) is 35.9 Å². The summed E-state index contributed by atoms with van der Waals surface area (Å²) in [6.45, 7) is 2.15. The Morgan fingerprint density at radius 3 is 2.89 bits per heavy atom. The Balaban J connectivity index is 1.90. The number of benzene rings is 1. The molecule has 1 aliphatic carbocycles. The van der Waals surface area contributed by atoms with Crippen molar-refractivity contribution in [1.82, 2.24) is 0 Å². The molecule has 2 rings (SSSR count). The minimum Gasteiger partial charge on any atom is -0.459 e. The van der Waals surface area contributed by atoms with Gasteiger partial charge < -0.3 is 10.5 Å². The fourth-order valence-corrected chi connectivity index (χ4v) is 2.47. The van der Waals surface area contributed by atoms with Gasteiger partial charge in [0.05, 0.1) is 0 Å². The zero-order valence-electron chi connectivity index (χ0n) is 11.3. The number of carbonyl (C=O) groups excluding carboxylic acids is 1. The summed E-state index contributed by atoms with van der Waals surface area (Å²) in [6.07, 6.45) is 7.83. The number of hydrogen-bond donors (Lipinski definition) is 1. The molecule has 0 saturated heterocycles. The number of carbonyl (C=O) groups is 1. The Labute approximate surface area is 114 Å². The van der Waals surface area contributed by atoms with E-state index in [1.165, 1.54) is 12.5 Å². The van der Waals surface area contributed by atoms with E-state index in [0.717, 1.165) is 24.8 Å². The number of hydrogen-bond acceptors (Lipinski definition) is 3. The molecule has 1 aliphatic rings. The molecule has 1 aromatic carbocycles. The van der Waals surface area contributed by atoms with E-state index in [1.54, 1.807) is 6.08 Å². The Hall–Kier alpha value is -1.77. The van der Waals surface area contributed by atoms with Crippen molar-refractivity contribution in [2.24, 2.45) is 5.92 Å². The average Bonchev–Trinajstić information content (AvgIpc) is 2.39. The van der Waals surface area contributed by atoms with Crippen LogP contribution >= 0.6 is 0 Å². The van der Waals surface area contributed by atoms with Gasteiger partial charge in [-0.05, 0) is 49.0 Å². The van der Waals surface area contributed by atoms with Crippen LogP contribution in [-0.2, 0) is 9.53 Å². The van der Waals surface area contributed by atoms with Gasteiger partial charge in [0, 0.05) is 11.8 Å². The Kier molecular flexibility index (Phi) is 4.61. The number of rotatable bonds is 3. The maximum Gasteiger partial charge on any atom is 0.331 e. The van der Waals surface area contributed by atoms with Gasteiger partial charge in [-0.2, -0.15) is 0 Å². The lowest BCUT2D eigenvalue weighted by Gasteiger charge is -2.27. The molecular weight excluding hydrogens is 238 g/mol. The van der Waals surface area contributed by atoms with Crippen LogP contribution in [0.3, 0.4) is 0 Å². The molecule has 1 fully saturated rings. The summed E-state index contributed by atoms with van der Waals surface area (Å²) in [5.74, 6) is 0.208. The van der Waals surface area contributed by atoms with Crippen molar-refractivity contribution in [2.75, 3.05) is 5.73 Å². The number of ether oxygens (including phenoxy) is 1. The maximum atomic E-state index is 11.8. The lowest BCUT2D eigenvalue weighted by molar-refractivity contribution is -0.146. The van der Waals surface area contributed by atoms with Crippen LogP contribution in [0.5, 0.6) is 0 Å². The van der Waals surface area contributed by atoms with Crippen LogP contribution in [0.1, 0.15) is 38.2 Å². The van der Waals surface area contributed by atoms with Crippen molar-refractivity contribution >= 4 is 17.7 Å². The van der Waals surface area contributed by atoms with Crippen molar-refractivity contribution in [3.8, 4) is 0 Å². The largest absolute Gasteiger partial charge is 0.459 e. The molecular formula is C16H21NO2. The van der Waals surface area contributed by atoms with Crippen LogP contribution in [0.4, 0.5) is 5.69 Å². The van der Waals surface area contributed by atoms with E-state index in [4.69, 9.17) is 10.5 Å². The van der Waals surface area contributed by atoms with Gasteiger partial charge in [0.1, 0.15) is 6.10 Å². The summed E-state index contributed by atoms with van der Waals surface area (Å²) < 4.78 is 5.50. The van der Waals surface area contributed by atoms with Crippen LogP contribution in [0.25, 0.3) is 6.08 Å². The van der Waals surface area contributed by atoms with Gasteiger partial charge in [-0.3, -0.25) is 0 Å². The Bertz CT molecular complexity index is 468. The standard InChI is InChI=1S/C16H21NO2/c1-12-5-2-3-8-15(12)19-16(18)10-9-13-6-4-7-14(17)11-13/h4,6-7,9-12,15H,2-3,5,8,17H2,1H3/b10-9+. The molecule has 0 bridgehead atoms. The lowest BCUT2D eigenvalue weighted by Crippen LogP contribution is -2.27. The molecule has 2 N–H and O–H groups in total. The third-order valence-electron chi connectivity index (χ3n) is 3.62. The van der Waals surface area contributed by atoms with Gasteiger partial charge in [-0.15, -0.1) is 0 Å². The van der Waals surface area contributed by atoms with Crippen molar-refractivity contribution in [3.63, 3.8) is 0 Å². The number of anilines is 1. The zero-order valence-corrected chi connectivity index (χ0v) is 11.3. The topological polar surface area (TPSA) is 52.3 Å². The Morgan fingerprint density at radius 1 is 1.37 bits per heavy atom. The summed E-state index contributed by atoms with van der Waals surface area (Å²) in [7, 11) is 0. The SMILES string of the molecule is CC1CCCCC1OC(=O)/C=C/c1cccc(N)c1. The summed E-state index contributed by atoms with van der Waals surface area (Å²) in [5, 5.41) is 0. The van der Waals surface area contributed by atoms with E-state index in [0.29, 0.717) is 11.6 Å². The molecule has 1 aromatic rings. The van der Waals surface area contributed by atoms with Crippen LogP contribution in [0.2, 0.25) is 0 Å². The second kappa shape index (κ2) is 6.41. The highest BCUT2D eigenvalue weighted by atomic mass is 16.5. The quantitative estimate of drug-likeness (QED) is 0.514.